The van der Waals surface area contributed by atoms with Gasteiger partial charge in [0.25, 0.3) is 0 Å². The number of carboxylic acid groups (broad SMARTS) is 1. The van der Waals surface area contributed by atoms with Gasteiger partial charge in [-0.2, -0.15) is 0 Å². The number of fused-ring (bicyclic) bond motifs is 1. The number of para-hydroxylation sites is 1. The molecule has 1 heterocycles. The van der Waals surface area contributed by atoms with Crippen LogP contribution in [0.4, 0.5) is 0 Å². The number of carboxylic acids is 1. The molecule has 0 spiro atoms. The van der Waals surface area contributed by atoms with Crippen molar-refractivity contribution in [3.05, 3.63) is 36.0 Å². The molecule has 4 amide bonds. The molecule has 45 heavy (non-hydrogen) atoms. The van der Waals surface area contributed by atoms with Crippen LogP contribution in [0.15, 0.2) is 30.3 Å². The molecule has 1 aromatic carbocycles. The summed E-state index contributed by atoms with van der Waals surface area (Å²) in [5.74, 6) is -3.49. The minimum Gasteiger partial charge on any atom is -0.481 e. The topological polar surface area (TPSA) is 231 Å². The van der Waals surface area contributed by atoms with E-state index in [4.69, 9.17) is 5.11 Å². The lowest BCUT2D eigenvalue weighted by Crippen LogP contribution is -2.50. The number of nitrogens with two attached hydrogens (primary N) is 1. The molecule has 2 rings (SSSR count). The van der Waals surface area contributed by atoms with Crippen LogP contribution < -0.4 is 16.4 Å². The number of benzene rings is 1. The van der Waals surface area contributed by atoms with Crippen LogP contribution in [0, 0.1) is 0 Å². The van der Waals surface area contributed by atoms with Gasteiger partial charge in [-0.25, -0.2) is 0 Å². The van der Waals surface area contributed by atoms with Gasteiger partial charge in [-0.1, -0.05) is 18.2 Å². The molecule has 0 saturated carbocycles. The fourth-order valence-electron chi connectivity index (χ4n) is 4.51. The van der Waals surface area contributed by atoms with Crippen molar-refractivity contribution in [3.63, 3.8) is 0 Å². The number of hydrogen-bond donors (Lipinski definition) is 7. The summed E-state index contributed by atoms with van der Waals surface area (Å²) in [5, 5.41) is 43.7. The maximum absolute atomic E-state index is 13.0. The normalized spacial score (nSPS) is 10.5. The van der Waals surface area contributed by atoms with Crippen molar-refractivity contribution in [3.8, 4) is 0 Å². The predicted molar refractivity (Wildman–Crippen MR) is 166 cm³/mol. The predicted octanol–water partition coefficient (Wildman–Crippen LogP) is -2.62. The Balaban J connectivity index is 0.00000496. The molecule has 252 valence electrons. The molecule has 0 aliphatic heterocycles. The first-order chi connectivity index (χ1) is 21.6. The van der Waals surface area contributed by atoms with Crippen LogP contribution in [0.5, 0.6) is 0 Å². The summed E-state index contributed by atoms with van der Waals surface area (Å²) in [7, 11) is 3.33. The quantitative estimate of drug-likeness (QED) is 0.0794. The van der Waals surface area contributed by atoms with Crippen molar-refractivity contribution < 1.29 is 44.4 Å². The standard InChI is InChI=1S/C28H42N6O9.CH5N/c1-29-17-22-16-21-4-2-3-5-23(21)34(22)9-6-24(38)30-18-25(39)32(11-14-36)20-27(41)33(12-15-37)19-26(40)31(10-13-35)8-7-28(42)43;1-2/h2-5,16,29,35-37H,6-15,17-20H2,1H3,(H,30,38)(H,42,43);2H2,1H3. The third-order valence-electron chi connectivity index (χ3n) is 6.67. The molecule has 0 aliphatic carbocycles. The minimum absolute atomic E-state index is 0.0974. The molecule has 1 aromatic heterocycles. The maximum Gasteiger partial charge on any atom is 0.305 e. The summed E-state index contributed by atoms with van der Waals surface area (Å²) in [4.78, 5) is 65.2. The molecule has 0 radical (unpaired) electrons. The number of nitrogens with zero attached hydrogens (tertiary/aromatic N) is 4. The van der Waals surface area contributed by atoms with Crippen molar-refractivity contribution in [2.75, 3.05) is 79.7 Å². The molecule has 0 aliphatic rings. The number of rotatable bonds is 20. The Morgan fingerprint density at radius 3 is 1.93 bits per heavy atom. The number of aliphatic carboxylic acids is 1. The van der Waals surface area contributed by atoms with E-state index in [0.29, 0.717) is 13.1 Å². The first kappa shape index (κ1) is 38.9. The zero-order valence-corrected chi connectivity index (χ0v) is 26.0. The van der Waals surface area contributed by atoms with Crippen LogP contribution in [-0.4, -0.2) is 149 Å². The highest BCUT2D eigenvalue weighted by Gasteiger charge is 2.25. The molecule has 0 saturated heterocycles. The first-order valence-corrected chi connectivity index (χ1v) is 14.6. The smallest absolute Gasteiger partial charge is 0.305 e. The second kappa shape index (κ2) is 21.6. The van der Waals surface area contributed by atoms with E-state index in [2.05, 4.69) is 16.4 Å². The maximum atomic E-state index is 13.0. The number of aryl methyl sites for hydroxylation is 1. The fourth-order valence-corrected chi connectivity index (χ4v) is 4.51. The molecular formula is C29H47N7O9. The first-order valence-electron chi connectivity index (χ1n) is 14.6. The van der Waals surface area contributed by atoms with Crippen LogP contribution >= 0.6 is 0 Å². The van der Waals surface area contributed by atoms with Crippen LogP contribution in [0.25, 0.3) is 10.9 Å². The van der Waals surface area contributed by atoms with Crippen LogP contribution in [-0.2, 0) is 37.1 Å². The Hall–Kier alpha value is -4.09. The number of amides is 4. The van der Waals surface area contributed by atoms with Crippen molar-refractivity contribution in [2.24, 2.45) is 5.73 Å². The Kier molecular flexibility index (Phi) is 18.7. The molecular weight excluding hydrogens is 590 g/mol. The fraction of sp³-hybridized carbons (Fsp3) is 0.552. The number of nitrogens with one attached hydrogen (secondary N) is 2. The highest BCUT2D eigenvalue weighted by molar-refractivity contribution is 5.90. The van der Waals surface area contributed by atoms with E-state index in [1.807, 2.05) is 41.9 Å². The summed E-state index contributed by atoms with van der Waals surface area (Å²) in [6, 6.07) is 9.85. The van der Waals surface area contributed by atoms with Gasteiger partial charge in [0.2, 0.25) is 23.6 Å². The van der Waals surface area contributed by atoms with Gasteiger partial charge in [-0.15, -0.1) is 0 Å². The molecule has 8 N–H and O–H groups in total. The Labute approximate surface area is 262 Å². The molecule has 0 bridgehead atoms. The Bertz CT molecular complexity index is 1240. The molecule has 16 heteroatoms. The van der Waals surface area contributed by atoms with E-state index in [0.717, 1.165) is 31.3 Å². The van der Waals surface area contributed by atoms with Crippen LogP contribution in [0.3, 0.4) is 0 Å². The van der Waals surface area contributed by atoms with Crippen molar-refractivity contribution in [1.29, 1.82) is 0 Å². The van der Waals surface area contributed by atoms with Gasteiger partial charge >= 0.3 is 5.97 Å². The largest absolute Gasteiger partial charge is 0.481 e. The summed E-state index contributed by atoms with van der Waals surface area (Å²) in [6.45, 7) is -2.58. The van der Waals surface area contributed by atoms with E-state index < -0.39 is 63.1 Å². The summed E-state index contributed by atoms with van der Waals surface area (Å²) < 4.78 is 2.03. The zero-order chi connectivity index (χ0) is 33.8. The number of aliphatic hydroxyl groups is 3. The van der Waals surface area contributed by atoms with E-state index in [1.165, 1.54) is 7.05 Å². The highest BCUT2D eigenvalue weighted by Crippen LogP contribution is 2.20. The number of carbonyl (C=O) groups excluding carboxylic acids is 4. The average molecular weight is 638 g/mol. The zero-order valence-electron chi connectivity index (χ0n) is 26.0. The molecule has 2 aromatic rings. The van der Waals surface area contributed by atoms with E-state index >= 15 is 0 Å². The summed E-state index contributed by atoms with van der Waals surface area (Å²) in [5.41, 5.74) is 6.49. The van der Waals surface area contributed by atoms with Crippen LogP contribution in [0.2, 0.25) is 0 Å². The van der Waals surface area contributed by atoms with E-state index in [-0.39, 0.29) is 44.9 Å². The van der Waals surface area contributed by atoms with Gasteiger partial charge in [-0.3, -0.25) is 24.0 Å². The van der Waals surface area contributed by atoms with E-state index in [9.17, 15) is 39.3 Å². The molecule has 16 nitrogen and oxygen atoms in total. The molecule has 0 atom stereocenters. The SMILES string of the molecule is CN.CNCc1cc2ccccc2n1CCC(=O)NCC(=O)N(CCO)CC(=O)N(CCO)CC(=O)N(CCO)CCC(=O)O. The summed E-state index contributed by atoms with van der Waals surface area (Å²) >= 11 is 0. The molecule has 0 unspecified atom stereocenters. The number of hydrogen-bond acceptors (Lipinski definition) is 10. The van der Waals surface area contributed by atoms with Gasteiger partial charge in [0.15, 0.2) is 0 Å². The Morgan fingerprint density at radius 2 is 1.36 bits per heavy atom. The van der Waals surface area contributed by atoms with Gasteiger partial charge in [-0.05, 0) is 31.6 Å². The molecule has 0 fully saturated rings. The van der Waals surface area contributed by atoms with Gasteiger partial charge in [0.05, 0.1) is 45.9 Å². The lowest BCUT2D eigenvalue weighted by molar-refractivity contribution is -0.145. The monoisotopic (exact) mass is 637 g/mol. The van der Waals surface area contributed by atoms with Crippen molar-refractivity contribution >= 4 is 40.5 Å². The number of aliphatic hydroxyl groups excluding tert-OH is 3. The van der Waals surface area contributed by atoms with Crippen molar-refractivity contribution in [2.45, 2.75) is 25.9 Å². The van der Waals surface area contributed by atoms with Gasteiger partial charge in [0, 0.05) is 56.9 Å². The third kappa shape index (κ3) is 13.2. The Morgan fingerprint density at radius 1 is 0.800 bits per heavy atom. The third-order valence-corrected chi connectivity index (χ3v) is 6.67. The van der Waals surface area contributed by atoms with Crippen LogP contribution in [0.1, 0.15) is 18.5 Å². The second-order valence-corrected chi connectivity index (χ2v) is 9.73. The minimum atomic E-state index is -1.14. The second-order valence-electron chi connectivity index (χ2n) is 9.73. The summed E-state index contributed by atoms with van der Waals surface area (Å²) in [6.07, 6.45) is -0.260. The van der Waals surface area contributed by atoms with E-state index in [1.54, 1.807) is 0 Å². The lowest BCUT2D eigenvalue weighted by Gasteiger charge is -2.29. The van der Waals surface area contributed by atoms with Gasteiger partial charge in [0.1, 0.15) is 0 Å². The lowest BCUT2D eigenvalue weighted by atomic mass is 10.2. The van der Waals surface area contributed by atoms with Crippen molar-refractivity contribution in [1.82, 2.24) is 29.9 Å². The number of aromatic nitrogens is 1. The number of carbonyl (C=O) groups is 5. The average Bonchev–Trinajstić information content (AvgIpc) is 3.38. The highest BCUT2D eigenvalue weighted by atomic mass is 16.4. The van der Waals surface area contributed by atoms with Gasteiger partial charge < -0.3 is 56.1 Å².